The van der Waals surface area contributed by atoms with E-state index in [1.807, 2.05) is 131 Å². The standard InChI is InChI=1S/C39H49N3O11S2.C26H30N2O5S2.C13H19NO6.Al.B.HN/c1-4-49-34(45)33(35(46)50-5-2)30(41-21-13-19-32(41)44)26-39(3,36(47)51-24-25-53-38(48)52-23-22-40-20-12-18-31(40)43)27-55-37(54)42(28-14-8-6-9-15-28)29-16-10-7-11-17-29;1-3-32-24(30)23(25(31)33-4-2)21(27-17-11-16-22(27)29)18-35-26(34)28(19-12-7-5-8-13-19)20-14-9-6-10-15-20;1-10(2)12(16)18-8-9-20-13(17)19-7-6-14-5-3-4-11(14)15;;;/h6-11,14-17,30,33H,4-5,12-13,18-27H2,1-3H3;5-10,12-15,21,23H,3-4,11,16-18H2,1-2H3;1,3-9H2,2H3;;;1H. The molecule has 0 saturated carbocycles. The topological polar surface area (TPSA) is 340 Å². The third kappa shape index (κ3) is 31.2. The molecule has 4 aromatic carbocycles. The molecule has 4 aromatic rings. The average molecular weight is 1650 g/mol. The van der Waals surface area contributed by atoms with E-state index < -0.39 is 77.5 Å². The van der Waals surface area contributed by atoms with E-state index in [1.54, 1.807) is 65.4 Å². The van der Waals surface area contributed by atoms with Gasteiger partial charge in [0.05, 0.1) is 57.0 Å². The summed E-state index contributed by atoms with van der Waals surface area (Å²) in [7, 11) is 0. The van der Waals surface area contributed by atoms with Crippen molar-refractivity contribution < 1.29 is 105 Å². The van der Waals surface area contributed by atoms with Crippen molar-refractivity contribution in [3.63, 3.8) is 0 Å². The van der Waals surface area contributed by atoms with Crippen LogP contribution in [0.4, 0.5) is 32.3 Å². The molecule has 608 valence electrons. The fourth-order valence-corrected chi connectivity index (χ4v) is 14.9. The van der Waals surface area contributed by atoms with Crippen LogP contribution in [0.15, 0.2) is 133 Å². The first-order valence-corrected chi connectivity index (χ1v) is 40.2. The number of nitrogens with zero attached hydrogens (tertiary/aromatic N) is 6. The number of nitrogens with one attached hydrogen (secondary N) is 1. The number of esters is 6. The van der Waals surface area contributed by atoms with Crippen LogP contribution in [0.25, 0.3) is 0 Å². The van der Waals surface area contributed by atoms with Crippen LogP contribution >= 0.6 is 48.0 Å². The number of para-hydroxylation sites is 4. The Morgan fingerprint density at radius 2 is 0.788 bits per heavy atom. The molecule has 29 nitrogen and oxygen atoms in total. The van der Waals surface area contributed by atoms with Gasteiger partial charge in [0, 0.05) is 100 Å². The van der Waals surface area contributed by atoms with Crippen LogP contribution in [0.2, 0.25) is 0 Å². The minimum atomic E-state index is -1.54. The molecule has 113 heavy (non-hydrogen) atoms. The summed E-state index contributed by atoms with van der Waals surface area (Å²) in [6.45, 7) is 15.2. The Hall–Kier alpha value is -9.26. The number of amides is 4. The van der Waals surface area contributed by atoms with Gasteiger partial charge in [-0.05, 0) is 122 Å². The second-order valence-corrected chi connectivity index (χ2v) is 28.6. The first-order chi connectivity index (χ1) is 54.0. The number of thioether (sulfide) groups is 2. The molecule has 0 bridgehead atoms. The van der Waals surface area contributed by atoms with Crippen LogP contribution in [-0.2, 0) is 95.3 Å². The van der Waals surface area contributed by atoms with Gasteiger partial charge in [-0.1, -0.05) is 127 Å². The number of rotatable bonds is 36. The van der Waals surface area contributed by atoms with Crippen molar-refractivity contribution >= 4 is 176 Å². The summed E-state index contributed by atoms with van der Waals surface area (Å²) < 4.78 is 57.7. The maximum atomic E-state index is 14.2. The number of hydrogen-bond acceptors (Lipinski definition) is 27. The van der Waals surface area contributed by atoms with E-state index in [0.717, 1.165) is 35.6 Å². The van der Waals surface area contributed by atoms with Crippen molar-refractivity contribution in [1.29, 1.82) is 4.35 Å². The van der Waals surface area contributed by atoms with Gasteiger partial charge in [0.2, 0.25) is 23.6 Å². The maximum absolute atomic E-state index is 14.2. The third-order valence-corrected chi connectivity index (χ3v) is 20.6. The molecular formula is C78H99AlBN7O22S4. The predicted octanol–water partition coefficient (Wildman–Crippen LogP) is 10.3. The normalized spacial score (nSPS) is 14.5. The van der Waals surface area contributed by atoms with Gasteiger partial charge in [0.25, 0.3) is 0 Å². The summed E-state index contributed by atoms with van der Waals surface area (Å²) in [5.41, 5.74) is 2.16. The first kappa shape index (κ1) is 96.1. The van der Waals surface area contributed by atoms with Crippen molar-refractivity contribution in [2.75, 3.05) is 127 Å². The Bertz CT molecular complexity index is 3680. The molecule has 3 unspecified atom stereocenters. The van der Waals surface area contributed by atoms with E-state index in [4.69, 9.17) is 76.2 Å². The molecule has 0 aliphatic carbocycles. The van der Waals surface area contributed by atoms with Gasteiger partial charge >= 0.3 is 68.6 Å². The van der Waals surface area contributed by atoms with Crippen molar-refractivity contribution in [2.45, 2.75) is 111 Å². The molecule has 4 aliphatic rings. The molecular weight excluding hydrogens is 1550 g/mol. The van der Waals surface area contributed by atoms with E-state index in [-0.39, 0.29) is 141 Å². The molecule has 0 spiro atoms. The number of benzene rings is 4. The van der Waals surface area contributed by atoms with Crippen LogP contribution in [0, 0.1) is 21.6 Å². The van der Waals surface area contributed by atoms with Crippen LogP contribution in [0.5, 0.6) is 0 Å². The van der Waals surface area contributed by atoms with E-state index in [1.165, 1.54) is 35.3 Å². The van der Waals surface area contributed by atoms with E-state index >= 15 is 0 Å². The molecule has 0 aromatic heterocycles. The van der Waals surface area contributed by atoms with Crippen molar-refractivity contribution in [1.82, 2.24) is 19.6 Å². The molecule has 4 amide bonds. The van der Waals surface area contributed by atoms with Crippen molar-refractivity contribution in [2.24, 2.45) is 17.3 Å². The minimum absolute atomic E-state index is 0. The molecule has 4 heterocycles. The van der Waals surface area contributed by atoms with Crippen LogP contribution in [0.3, 0.4) is 0 Å². The summed E-state index contributed by atoms with van der Waals surface area (Å²) in [6, 6.07) is 36.5. The van der Waals surface area contributed by atoms with Crippen LogP contribution < -0.4 is 9.80 Å². The number of thiocarbonyl (C=S) groups is 2. The fourth-order valence-electron chi connectivity index (χ4n) is 12.0. The summed E-state index contributed by atoms with van der Waals surface area (Å²) in [5.74, 6) is -7.20. The second-order valence-electron chi connectivity index (χ2n) is 25.3. The van der Waals surface area contributed by atoms with Crippen molar-refractivity contribution in [3.05, 3.63) is 133 Å². The van der Waals surface area contributed by atoms with Gasteiger partial charge in [-0.2, -0.15) is 0 Å². The zero-order chi connectivity index (χ0) is 82.0. The van der Waals surface area contributed by atoms with Gasteiger partial charge < -0.3 is 67.0 Å². The number of carbonyl (C=O) groups is 12. The number of ether oxygens (including phenoxy) is 10. The monoisotopic (exact) mass is 1650 g/mol. The van der Waals surface area contributed by atoms with Gasteiger partial charge in [-0.25, -0.2) is 14.4 Å². The molecule has 4 saturated heterocycles. The van der Waals surface area contributed by atoms with E-state index in [0.29, 0.717) is 66.9 Å². The molecule has 1 N–H and O–H groups in total. The molecule has 4 aliphatic heterocycles. The first-order valence-electron chi connectivity index (χ1n) is 36.8. The average Bonchev–Trinajstić information content (AvgIpc) is 1.79. The van der Waals surface area contributed by atoms with E-state index in [2.05, 4.69) is 6.58 Å². The Kier molecular flexibility index (Phi) is 44.4. The molecule has 4 fully saturated rings. The van der Waals surface area contributed by atoms with Crippen LogP contribution in [0.1, 0.15) is 99.3 Å². The Balaban J connectivity index is 0.000000394. The third-order valence-electron chi connectivity index (χ3n) is 17.3. The summed E-state index contributed by atoms with van der Waals surface area (Å²) in [5, 5.41) is 0. The van der Waals surface area contributed by atoms with Gasteiger partial charge in [0.1, 0.15) is 48.3 Å². The SMILES string of the molecule is C=C(C)C(=O)OCCOC(=O)OCCN1CCCC1=O.CCOC(=O)C(C(=O)OCC)C(CC(C)(CSC(=S)N(c1ccccc1)c1ccccc1)C(=O)OCCOC(=O)OCCN1CCCC1=O)N1CCCC1=O.CCOC(=O)C(C(=O)OCC)C(CSC(=S)N(c1ccccc1)c1ccccc1)N1CCCC1=O.[B].[NH]=[Al]. The second kappa shape index (κ2) is 52.2. The van der Waals surface area contributed by atoms with Gasteiger partial charge in [0.15, 0.2) is 11.8 Å². The zero-order valence-electron chi connectivity index (χ0n) is 64.6. The van der Waals surface area contributed by atoms with Gasteiger partial charge in [-0.3, -0.25) is 53.0 Å². The number of carbonyl (C=O) groups excluding carboxylic acids is 12. The molecule has 35 heteroatoms. The Labute approximate surface area is 688 Å². The molecule has 8 rings (SSSR count). The number of hydrogen-bond donors (Lipinski definition) is 1. The summed E-state index contributed by atoms with van der Waals surface area (Å²) >= 11 is 16.0. The number of likely N-dealkylation sites (tertiary alicyclic amines) is 4. The van der Waals surface area contributed by atoms with Gasteiger partial charge in [-0.15, -0.1) is 0 Å². The molecule has 4 radical (unpaired) electrons. The van der Waals surface area contributed by atoms with Crippen LogP contribution in [-0.4, -0.2) is 253 Å². The quantitative estimate of drug-likeness (QED) is 0.00841. The van der Waals surface area contributed by atoms with E-state index in [9.17, 15) is 57.5 Å². The fraction of sp³-hybridized carbons (Fsp3) is 0.487. The Morgan fingerprint density at radius 1 is 0.469 bits per heavy atom. The number of anilines is 4. The zero-order valence-corrected chi connectivity index (χ0v) is 69.0. The molecule has 3 atom stereocenters. The Morgan fingerprint density at radius 3 is 1.12 bits per heavy atom. The van der Waals surface area contributed by atoms with Crippen molar-refractivity contribution in [3.8, 4) is 0 Å². The summed E-state index contributed by atoms with van der Waals surface area (Å²) in [4.78, 5) is 160. The summed E-state index contributed by atoms with van der Waals surface area (Å²) in [6.07, 6.45) is 2.37. The predicted molar refractivity (Wildman–Crippen MR) is 433 cm³/mol.